The number of H-pyrrole nitrogens is 1. The molecule has 3 rings (SSSR count). The third-order valence-corrected chi connectivity index (χ3v) is 3.55. The van der Waals surface area contributed by atoms with Crippen molar-refractivity contribution in [1.82, 2.24) is 15.3 Å². The Morgan fingerprint density at radius 3 is 3.05 bits per heavy atom. The van der Waals surface area contributed by atoms with Gasteiger partial charge in [-0.15, -0.1) is 0 Å². The Morgan fingerprint density at radius 2 is 2.26 bits per heavy atom. The second-order valence-electron chi connectivity index (χ2n) is 4.98. The number of piperidine rings is 1. The Labute approximate surface area is 113 Å². The van der Waals surface area contributed by atoms with Crippen LogP contribution in [-0.4, -0.2) is 29.7 Å². The van der Waals surface area contributed by atoms with Gasteiger partial charge >= 0.3 is 0 Å². The summed E-state index contributed by atoms with van der Waals surface area (Å²) in [6.07, 6.45) is 6.01. The zero-order chi connectivity index (χ0) is 12.9. The summed E-state index contributed by atoms with van der Waals surface area (Å²) in [5, 5.41) is 3.42. The maximum atomic E-state index is 6.01. The molecule has 2 aromatic rings. The molecule has 0 bridgehead atoms. The molecule has 1 aliphatic rings. The van der Waals surface area contributed by atoms with Crippen LogP contribution in [0, 0.1) is 5.92 Å². The molecule has 1 aromatic heterocycles. The first-order chi connectivity index (χ1) is 9.43. The molecule has 100 valence electrons. The van der Waals surface area contributed by atoms with Crippen LogP contribution < -0.4 is 10.1 Å². The van der Waals surface area contributed by atoms with Crippen molar-refractivity contribution in [1.29, 1.82) is 0 Å². The van der Waals surface area contributed by atoms with Gasteiger partial charge in [-0.1, -0.05) is 12.1 Å². The van der Waals surface area contributed by atoms with E-state index in [0.717, 1.165) is 36.7 Å². The SMILES string of the molecule is c1ccc(-c2cnc[nH]2)c(OCC2CCCNC2)c1. The molecule has 1 aromatic carbocycles. The van der Waals surface area contributed by atoms with E-state index in [0.29, 0.717) is 5.92 Å². The first-order valence-electron chi connectivity index (χ1n) is 6.85. The van der Waals surface area contributed by atoms with Gasteiger partial charge in [-0.2, -0.15) is 0 Å². The molecule has 0 spiro atoms. The standard InChI is InChI=1S/C15H19N3O/c1-2-6-15(13(5-1)14-9-17-11-18-14)19-10-12-4-3-7-16-8-12/h1-2,5-6,9,11-12,16H,3-4,7-8,10H2,(H,17,18). The third-order valence-electron chi connectivity index (χ3n) is 3.55. The second-order valence-corrected chi connectivity index (χ2v) is 4.98. The van der Waals surface area contributed by atoms with E-state index >= 15 is 0 Å². The van der Waals surface area contributed by atoms with Gasteiger partial charge in [0.1, 0.15) is 5.75 Å². The highest BCUT2D eigenvalue weighted by Crippen LogP contribution is 2.28. The van der Waals surface area contributed by atoms with Gasteiger partial charge in [-0.3, -0.25) is 0 Å². The normalized spacial score (nSPS) is 19.3. The summed E-state index contributed by atoms with van der Waals surface area (Å²) in [4.78, 5) is 7.20. The highest BCUT2D eigenvalue weighted by molar-refractivity contribution is 5.66. The number of ether oxygens (including phenoxy) is 1. The van der Waals surface area contributed by atoms with E-state index in [4.69, 9.17) is 4.74 Å². The Kier molecular flexibility index (Phi) is 3.79. The largest absolute Gasteiger partial charge is 0.493 e. The first kappa shape index (κ1) is 12.2. The summed E-state index contributed by atoms with van der Waals surface area (Å²) in [5.74, 6) is 1.54. The zero-order valence-corrected chi connectivity index (χ0v) is 10.9. The summed E-state index contributed by atoms with van der Waals surface area (Å²) in [5.41, 5.74) is 2.07. The summed E-state index contributed by atoms with van der Waals surface area (Å²) in [6, 6.07) is 8.11. The lowest BCUT2D eigenvalue weighted by Gasteiger charge is -2.23. The number of para-hydroxylation sites is 1. The number of nitrogens with zero attached hydrogens (tertiary/aromatic N) is 1. The molecule has 1 unspecified atom stereocenters. The molecule has 2 heterocycles. The summed E-state index contributed by atoms with van der Waals surface area (Å²) >= 11 is 0. The van der Waals surface area contributed by atoms with Gasteiger partial charge in [0, 0.05) is 18.0 Å². The quantitative estimate of drug-likeness (QED) is 0.884. The van der Waals surface area contributed by atoms with Gasteiger partial charge in [0.2, 0.25) is 0 Å². The van der Waals surface area contributed by atoms with Gasteiger partial charge in [0.15, 0.2) is 0 Å². The molecule has 1 saturated heterocycles. The molecule has 0 aliphatic carbocycles. The van der Waals surface area contributed by atoms with Crippen molar-refractivity contribution in [3.05, 3.63) is 36.8 Å². The predicted molar refractivity (Wildman–Crippen MR) is 75.1 cm³/mol. The van der Waals surface area contributed by atoms with Crippen LogP contribution in [0.2, 0.25) is 0 Å². The summed E-state index contributed by atoms with van der Waals surface area (Å²) in [7, 11) is 0. The van der Waals surface area contributed by atoms with Crippen LogP contribution in [0.3, 0.4) is 0 Å². The number of benzene rings is 1. The smallest absolute Gasteiger partial charge is 0.128 e. The van der Waals surface area contributed by atoms with E-state index in [9.17, 15) is 0 Å². The van der Waals surface area contributed by atoms with E-state index in [1.807, 2.05) is 24.4 Å². The van der Waals surface area contributed by atoms with Crippen LogP contribution in [0.4, 0.5) is 0 Å². The average Bonchev–Trinajstić information content (AvgIpc) is 3.01. The van der Waals surface area contributed by atoms with Crippen molar-refractivity contribution >= 4 is 0 Å². The predicted octanol–water partition coefficient (Wildman–Crippen LogP) is 2.46. The average molecular weight is 257 g/mol. The summed E-state index contributed by atoms with van der Waals surface area (Å²) in [6.45, 7) is 2.98. The summed E-state index contributed by atoms with van der Waals surface area (Å²) < 4.78 is 6.01. The molecule has 19 heavy (non-hydrogen) atoms. The van der Waals surface area contributed by atoms with Crippen molar-refractivity contribution < 1.29 is 4.74 Å². The van der Waals surface area contributed by atoms with E-state index in [-0.39, 0.29) is 0 Å². The van der Waals surface area contributed by atoms with Gasteiger partial charge in [-0.25, -0.2) is 4.98 Å². The topological polar surface area (TPSA) is 49.9 Å². The zero-order valence-electron chi connectivity index (χ0n) is 10.9. The van der Waals surface area contributed by atoms with Crippen LogP contribution in [0.1, 0.15) is 12.8 Å². The minimum atomic E-state index is 0.614. The van der Waals surface area contributed by atoms with Gasteiger partial charge in [0.25, 0.3) is 0 Å². The number of hydrogen-bond acceptors (Lipinski definition) is 3. The molecule has 0 radical (unpaired) electrons. The fraction of sp³-hybridized carbons (Fsp3) is 0.400. The van der Waals surface area contributed by atoms with Crippen LogP contribution in [0.15, 0.2) is 36.8 Å². The van der Waals surface area contributed by atoms with Gasteiger partial charge < -0.3 is 15.0 Å². The fourth-order valence-corrected chi connectivity index (χ4v) is 2.49. The number of aromatic nitrogens is 2. The maximum Gasteiger partial charge on any atom is 0.128 e. The highest BCUT2D eigenvalue weighted by atomic mass is 16.5. The van der Waals surface area contributed by atoms with Gasteiger partial charge in [0.05, 0.1) is 24.8 Å². The molecular weight excluding hydrogens is 238 g/mol. The van der Waals surface area contributed by atoms with Crippen LogP contribution >= 0.6 is 0 Å². The molecular formula is C15H19N3O. The van der Waals surface area contributed by atoms with E-state index < -0.39 is 0 Å². The van der Waals surface area contributed by atoms with E-state index in [1.165, 1.54) is 12.8 Å². The first-order valence-corrected chi connectivity index (χ1v) is 6.85. The molecule has 0 saturated carbocycles. The minimum absolute atomic E-state index is 0.614. The fourth-order valence-electron chi connectivity index (χ4n) is 2.49. The van der Waals surface area contributed by atoms with Crippen LogP contribution in [0.5, 0.6) is 5.75 Å². The van der Waals surface area contributed by atoms with Crippen molar-refractivity contribution in [2.75, 3.05) is 19.7 Å². The van der Waals surface area contributed by atoms with Crippen molar-refractivity contribution in [3.63, 3.8) is 0 Å². The number of aromatic amines is 1. The van der Waals surface area contributed by atoms with E-state index in [1.54, 1.807) is 6.33 Å². The van der Waals surface area contributed by atoms with Crippen molar-refractivity contribution in [2.24, 2.45) is 5.92 Å². The lowest BCUT2D eigenvalue weighted by Crippen LogP contribution is -2.33. The number of nitrogens with one attached hydrogen (secondary N) is 2. The number of rotatable bonds is 4. The van der Waals surface area contributed by atoms with Gasteiger partial charge in [-0.05, 0) is 31.5 Å². The molecule has 1 aliphatic heterocycles. The Hall–Kier alpha value is -1.81. The lowest BCUT2D eigenvalue weighted by molar-refractivity contribution is 0.219. The molecule has 4 heteroatoms. The Morgan fingerprint density at radius 1 is 1.32 bits per heavy atom. The lowest BCUT2D eigenvalue weighted by atomic mass is 10.0. The third kappa shape index (κ3) is 2.96. The monoisotopic (exact) mass is 257 g/mol. The molecule has 1 atom stereocenters. The molecule has 4 nitrogen and oxygen atoms in total. The Balaban J connectivity index is 1.70. The molecule has 0 amide bonds. The highest BCUT2D eigenvalue weighted by Gasteiger charge is 2.14. The van der Waals surface area contributed by atoms with Crippen molar-refractivity contribution in [2.45, 2.75) is 12.8 Å². The maximum absolute atomic E-state index is 6.01. The number of hydrogen-bond donors (Lipinski definition) is 2. The van der Waals surface area contributed by atoms with E-state index in [2.05, 4.69) is 21.4 Å². The molecule has 2 N–H and O–H groups in total. The second kappa shape index (κ2) is 5.89. The van der Waals surface area contributed by atoms with Crippen LogP contribution in [0.25, 0.3) is 11.3 Å². The molecule has 1 fully saturated rings. The Bertz CT molecular complexity index is 504. The minimum Gasteiger partial charge on any atom is -0.493 e. The van der Waals surface area contributed by atoms with Crippen molar-refractivity contribution in [3.8, 4) is 17.0 Å². The van der Waals surface area contributed by atoms with Crippen LogP contribution in [-0.2, 0) is 0 Å². The number of imidazole rings is 1.